The molecule has 0 aromatic rings. The summed E-state index contributed by atoms with van der Waals surface area (Å²) in [5.41, 5.74) is -0.407. The third-order valence-corrected chi connectivity index (χ3v) is 4.63. The van der Waals surface area contributed by atoms with Gasteiger partial charge in [0.2, 0.25) is 0 Å². The van der Waals surface area contributed by atoms with Crippen LogP contribution in [0.25, 0.3) is 0 Å². The van der Waals surface area contributed by atoms with Crippen molar-refractivity contribution in [2.75, 3.05) is 59.0 Å². The molecule has 0 aromatic heterocycles. The monoisotopic (exact) mass is 341 g/mol. The maximum Gasteiger partial charge on any atom is 0.410 e. The topological polar surface area (TPSA) is 54.0 Å². The number of rotatable bonds is 6. The molecule has 2 aliphatic heterocycles. The molecule has 2 fully saturated rings. The number of nitrogens with one attached hydrogen (secondary N) is 1. The van der Waals surface area contributed by atoms with Crippen LogP contribution in [0, 0.1) is 5.92 Å². The molecule has 2 aliphatic rings. The molecule has 2 rings (SSSR count). The smallest absolute Gasteiger partial charge is 0.410 e. The minimum absolute atomic E-state index is 0.167. The molecule has 0 radical (unpaired) electrons. The van der Waals surface area contributed by atoms with Crippen molar-refractivity contribution in [2.45, 2.75) is 45.6 Å². The number of likely N-dealkylation sites (tertiary alicyclic amines) is 1. The molecule has 0 unspecified atom stereocenters. The Balaban J connectivity index is 1.51. The van der Waals surface area contributed by atoms with Gasteiger partial charge >= 0.3 is 6.09 Å². The lowest BCUT2D eigenvalue weighted by molar-refractivity contribution is 0.0184. The van der Waals surface area contributed by atoms with Gasteiger partial charge in [-0.25, -0.2) is 4.79 Å². The summed E-state index contributed by atoms with van der Waals surface area (Å²) in [6, 6.07) is 0. The van der Waals surface area contributed by atoms with E-state index >= 15 is 0 Å². The zero-order valence-corrected chi connectivity index (χ0v) is 15.7. The summed E-state index contributed by atoms with van der Waals surface area (Å²) < 4.78 is 10.8. The summed E-state index contributed by atoms with van der Waals surface area (Å²) >= 11 is 0. The summed E-state index contributed by atoms with van der Waals surface area (Å²) in [6.07, 6.45) is 3.15. The molecule has 0 aromatic carbocycles. The zero-order chi connectivity index (χ0) is 17.4. The van der Waals surface area contributed by atoms with E-state index in [1.165, 1.54) is 6.42 Å². The number of hydrogen-bond donors (Lipinski definition) is 1. The molecule has 0 atom stereocenters. The molecule has 0 aliphatic carbocycles. The predicted octanol–water partition coefficient (Wildman–Crippen LogP) is 1.95. The van der Waals surface area contributed by atoms with E-state index in [1.807, 2.05) is 25.7 Å². The average Bonchev–Trinajstić information content (AvgIpc) is 2.54. The number of hydrogen-bond acceptors (Lipinski definition) is 5. The zero-order valence-electron chi connectivity index (χ0n) is 15.7. The number of piperidine rings is 1. The Labute approximate surface area is 146 Å². The quantitative estimate of drug-likeness (QED) is 0.749. The lowest BCUT2D eigenvalue weighted by Crippen LogP contribution is -2.43. The van der Waals surface area contributed by atoms with Crippen molar-refractivity contribution < 1.29 is 14.3 Å². The van der Waals surface area contributed by atoms with Crippen molar-refractivity contribution in [3.05, 3.63) is 0 Å². The number of nitrogens with zero attached hydrogens (tertiary/aromatic N) is 2. The highest BCUT2D eigenvalue weighted by Crippen LogP contribution is 2.19. The first-order valence-electron chi connectivity index (χ1n) is 9.43. The van der Waals surface area contributed by atoms with Crippen molar-refractivity contribution in [3.63, 3.8) is 0 Å². The normalized spacial score (nSPS) is 21.0. The first-order chi connectivity index (χ1) is 11.4. The van der Waals surface area contributed by atoms with E-state index in [0.717, 1.165) is 71.9 Å². The molecule has 1 N–H and O–H groups in total. The molecule has 0 bridgehead atoms. The van der Waals surface area contributed by atoms with Gasteiger partial charge in [0.25, 0.3) is 0 Å². The fraction of sp³-hybridized carbons (Fsp3) is 0.944. The molecular weight excluding hydrogens is 306 g/mol. The molecule has 6 heteroatoms. The summed E-state index contributed by atoms with van der Waals surface area (Å²) in [5, 5.41) is 3.58. The SMILES string of the molecule is CC(C)(C)OC(=O)N1CCC(CNCCCN2CCOCC2)CC1. The van der Waals surface area contributed by atoms with Crippen molar-refractivity contribution in [2.24, 2.45) is 5.92 Å². The number of amides is 1. The van der Waals surface area contributed by atoms with Gasteiger partial charge in [0.15, 0.2) is 0 Å². The maximum atomic E-state index is 12.0. The summed E-state index contributed by atoms with van der Waals surface area (Å²) in [7, 11) is 0. The molecule has 24 heavy (non-hydrogen) atoms. The number of ether oxygens (including phenoxy) is 2. The van der Waals surface area contributed by atoms with Crippen LogP contribution in [-0.4, -0.2) is 80.5 Å². The van der Waals surface area contributed by atoms with Crippen LogP contribution in [0.1, 0.15) is 40.0 Å². The van der Waals surface area contributed by atoms with Gasteiger partial charge in [0, 0.05) is 26.2 Å². The van der Waals surface area contributed by atoms with E-state index in [4.69, 9.17) is 9.47 Å². The molecule has 1 amide bonds. The van der Waals surface area contributed by atoms with Gasteiger partial charge in [0.05, 0.1) is 13.2 Å². The fourth-order valence-electron chi connectivity index (χ4n) is 3.20. The second-order valence-electron chi connectivity index (χ2n) is 7.92. The van der Waals surface area contributed by atoms with Crippen LogP contribution >= 0.6 is 0 Å². The first kappa shape index (κ1) is 19.5. The highest BCUT2D eigenvalue weighted by Gasteiger charge is 2.26. The minimum atomic E-state index is -0.407. The second kappa shape index (κ2) is 9.59. The molecule has 140 valence electrons. The molecule has 0 saturated carbocycles. The van der Waals surface area contributed by atoms with E-state index in [1.54, 1.807) is 0 Å². The van der Waals surface area contributed by atoms with Crippen molar-refractivity contribution in [1.29, 1.82) is 0 Å². The van der Waals surface area contributed by atoms with Crippen molar-refractivity contribution >= 4 is 6.09 Å². The van der Waals surface area contributed by atoms with Crippen LogP contribution in [0.15, 0.2) is 0 Å². The highest BCUT2D eigenvalue weighted by molar-refractivity contribution is 5.68. The third kappa shape index (κ3) is 7.36. The van der Waals surface area contributed by atoms with Crippen LogP contribution in [0.5, 0.6) is 0 Å². The van der Waals surface area contributed by atoms with Crippen LogP contribution in [0.3, 0.4) is 0 Å². The predicted molar refractivity (Wildman–Crippen MR) is 95.3 cm³/mol. The van der Waals surface area contributed by atoms with Gasteiger partial charge in [-0.3, -0.25) is 4.90 Å². The van der Waals surface area contributed by atoms with Crippen molar-refractivity contribution in [3.8, 4) is 0 Å². The van der Waals surface area contributed by atoms with Crippen molar-refractivity contribution in [1.82, 2.24) is 15.1 Å². The summed E-state index contributed by atoms with van der Waals surface area (Å²) in [5.74, 6) is 0.673. The fourth-order valence-corrected chi connectivity index (χ4v) is 3.20. The number of morpholine rings is 1. The Bertz CT molecular complexity index is 370. The second-order valence-corrected chi connectivity index (χ2v) is 7.92. The Kier molecular flexibility index (Phi) is 7.78. The minimum Gasteiger partial charge on any atom is -0.444 e. The van der Waals surface area contributed by atoms with Crippen LogP contribution in [0.4, 0.5) is 4.79 Å². The number of carbonyl (C=O) groups excluding carboxylic acids is 1. The van der Waals surface area contributed by atoms with E-state index in [9.17, 15) is 4.79 Å². The van der Waals surface area contributed by atoms with Gasteiger partial charge in [-0.1, -0.05) is 0 Å². The molecule has 2 saturated heterocycles. The summed E-state index contributed by atoms with van der Waals surface area (Å²) in [6.45, 7) is 14.6. The van der Waals surface area contributed by atoms with E-state index in [-0.39, 0.29) is 6.09 Å². The van der Waals surface area contributed by atoms with Crippen LogP contribution < -0.4 is 5.32 Å². The first-order valence-corrected chi connectivity index (χ1v) is 9.43. The van der Waals surface area contributed by atoms with Gasteiger partial charge < -0.3 is 19.7 Å². The van der Waals surface area contributed by atoms with Gasteiger partial charge in [-0.15, -0.1) is 0 Å². The van der Waals surface area contributed by atoms with E-state index in [2.05, 4.69) is 10.2 Å². The largest absolute Gasteiger partial charge is 0.444 e. The summed E-state index contributed by atoms with van der Waals surface area (Å²) in [4.78, 5) is 16.4. The maximum absolute atomic E-state index is 12.0. The van der Waals surface area contributed by atoms with E-state index in [0.29, 0.717) is 5.92 Å². The van der Waals surface area contributed by atoms with Gasteiger partial charge in [-0.05, 0) is 65.6 Å². The molecular formula is C18H35N3O3. The lowest BCUT2D eigenvalue weighted by atomic mass is 9.97. The standard InChI is InChI=1S/C18H35N3O3/c1-18(2,3)24-17(22)21-9-5-16(6-10-21)15-19-7-4-8-20-11-13-23-14-12-20/h16,19H,4-15H2,1-3H3. The molecule has 0 spiro atoms. The van der Waals surface area contributed by atoms with Gasteiger partial charge in [0.1, 0.15) is 5.60 Å². The average molecular weight is 341 g/mol. The number of carbonyl (C=O) groups is 1. The highest BCUT2D eigenvalue weighted by atomic mass is 16.6. The Morgan fingerprint density at radius 1 is 1.17 bits per heavy atom. The third-order valence-electron chi connectivity index (χ3n) is 4.63. The Morgan fingerprint density at radius 3 is 2.46 bits per heavy atom. The molecule has 2 heterocycles. The Hall–Kier alpha value is -0.850. The van der Waals surface area contributed by atoms with Gasteiger partial charge in [-0.2, -0.15) is 0 Å². The van der Waals surface area contributed by atoms with E-state index < -0.39 is 5.60 Å². The van der Waals surface area contributed by atoms with Crippen LogP contribution in [-0.2, 0) is 9.47 Å². The molecule has 6 nitrogen and oxygen atoms in total. The lowest BCUT2D eigenvalue weighted by Gasteiger charge is -2.33. The van der Waals surface area contributed by atoms with Crippen LogP contribution in [0.2, 0.25) is 0 Å². The Morgan fingerprint density at radius 2 is 1.83 bits per heavy atom.